The van der Waals surface area contributed by atoms with E-state index in [0.717, 1.165) is 0 Å². The van der Waals surface area contributed by atoms with Crippen LogP contribution in [0.3, 0.4) is 0 Å². The smallest absolute Gasteiger partial charge is 0.270 e. The van der Waals surface area contributed by atoms with E-state index in [1.165, 1.54) is 30.3 Å². The van der Waals surface area contributed by atoms with Crippen molar-refractivity contribution in [3.05, 3.63) is 68.2 Å². The number of hydrogen-bond acceptors (Lipinski definition) is 4. The van der Waals surface area contributed by atoms with Crippen LogP contribution in [0.15, 0.2) is 42.5 Å². The highest BCUT2D eigenvalue weighted by Gasteiger charge is 2.11. The summed E-state index contributed by atoms with van der Waals surface area (Å²) in [5, 5.41) is 11.4. The number of rotatable bonds is 4. The number of benzene rings is 2. The molecule has 0 saturated carbocycles. The molecule has 0 saturated heterocycles. The normalized spacial score (nSPS) is 10.0. The lowest BCUT2D eigenvalue weighted by atomic mass is 10.2. The second-order valence-corrected chi connectivity index (χ2v) is 4.83. The van der Waals surface area contributed by atoms with E-state index in [0.29, 0.717) is 15.7 Å². The maximum atomic E-state index is 11.9. The summed E-state index contributed by atoms with van der Waals surface area (Å²) in [7, 11) is 0. The van der Waals surface area contributed by atoms with Gasteiger partial charge in [0, 0.05) is 17.7 Å². The first-order valence-corrected chi connectivity index (χ1v) is 6.49. The van der Waals surface area contributed by atoms with Crippen LogP contribution in [-0.2, 0) is 0 Å². The van der Waals surface area contributed by atoms with E-state index in [2.05, 4.69) is 10.9 Å². The highest BCUT2D eigenvalue weighted by Crippen LogP contribution is 2.24. The molecule has 21 heavy (non-hydrogen) atoms. The average Bonchev–Trinajstić information content (AvgIpc) is 2.48. The number of carbonyl (C=O) groups is 1. The predicted molar refractivity (Wildman–Crippen MR) is 80.6 cm³/mol. The number of amides is 1. The van der Waals surface area contributed by atoms with E-state index in [1.54, 1.807) is 12.1 Å². The van der Waals surface area contributed by atoms with Crippen LogP contribution in [-0.4, -0.2) is 10.8 Å². The minimum Gasteiger partial charge on any atom is -0.298 e. The van der Waals surface area contributed by atoms with E-state index in [4.69, 9.17) is 23.2 Å². The topological polar surface area (TPSA) is 84.3 Å². The van der Waals surface area contributed by atoms with Gasteiger partial charge < -0.3 is 0 Å². The SMILES string of the molecule is O=C(NNc1ccc(Cl)c(Cl)c1)c1cccc([N+](=O)[O-])c1. The van der Waals surface area contributed by atoms with Gasteiger partial charge in [-0.25, -0.2) is 0 Å². The summed E-state index contributed by atoms with van der Waals surface area (Å²) >= 11 is 11.6. The van der Waals surface area contributed by atoms with Gasteiger partial charge in [-0.05, 0) is 24.3 Å². The summed E-state index contributed by atoms with van der Waals surface area (Å²) in [4.78, 5) is 22.0. The molecular weight excluding hydrogens is 317 g/mol. The molecule has 6 nitrogen and oxygen atoms in total. The van der Waals surface area contributed by atoms with Gasteiger partial charge in [0.15, 0.2) is 0 Å². The summed E-state index contributed by atoms with van der Waals surface area (Å²) < 4.78 is 0. The van der Waals surface area contributed by atoms with Gasteiger partial charge in [0.1, 0.15) is 0 Å². The van der Waals surface area contributed by atoms with E-state index in [9.17, 15) is 14.9 Å². The van der Waals surface area contributed by atoms with Crippen LogP contribution >= 0.6 is 23.2 Å². The first kappa shape index (κ1) is 15.1. The molecule has 0 spiro atoms. The van der Waals surface area contributed by atoms with Crippen molar-refractivity contribution in [2.75, 3.05) is 5.43 Å². The van der Waals surface area contributed by atoms with Crippen LogP contribution in [0.4, 0.5) is 11.4 Å². The Morgan fingerprint density at radius 2 is 1.86 bits per heavy atom. The van der Waals surface area contributed by atoms with E-state index in [-0.39, 0.29) is 11.3 Å². The summed E-state index contributed by atoms with van der Waals surface area (Å²) in [6, 6.07) is 10.1. The molecule has 108 valence electrons. The molecule has 2 aromatic carbocycles. The van der Waals surface area contributed by atoms with Crippen LogP contribution in [0, 0.1) is 10.1 Å². The zero-order valence-electron chi connectivity index (χ0n) is 10.5. The van der Waals surface area contributed by atoms with Gasteiger partial charge in [0.25, 0.3) is 11.6 Å². The van der Waals surface area contributed by atoms with Crippen molar-refractivity contribution in [1.82, 2.24) is 5.43 Å². The summed E-state index contributed by atoms with van der Waals surface area (Å²) in [5.41, 5.74) is 5.60. The molecule has 1 amide bonds. The number of anilines is 1. The zero-order chi connectivity index (χ0) is 15.4. The number of nitro benzene ring substituents is 1. The third kappa shape index (κ3) is 3.84. The van der Waals surface area contributed by atoms with Crippen LogP contribution in [0.2, 0.25) is 10.0 Å². The zero-order valence-corrected chi connectivity index (χ0v) is 12.0. The van der Waals surface area contributed by atoms with Crippen LogP contribution < -0.4 is 10.9 Å². The average molecular weight is 326 g/mol. The number of hydrazine groups is 1. The Bertz CT molecular complexity index is 707. The van der Waals surface area contributed by atoms with Gasteiger partial charge in [-0.2, -0.15) is 0 Å². The third-order valence-electron chi connectivity index (χ3n) is 2.56. The fourth-order valence-corrected chi connectivity index (χ4v) is 1.83. The predicted octanol–water partition coefficient (Wildman–Crippen LogP) is 3.66. The van der Waals surface area contributed by atoms with Gasteiger partial charge >= 0.3 is 0 Å². The molecule has 2 N–H and O–H groups in total. The molecule has 0 aliphatic carbocycles. The largest absolute Gasteiger partial charge is 0.298 e. The minimum absolute atomic E-state index is 0.155. The maximum Gasteiger partial charge on any atom is 0.270 e. The van der Waals surface area contributed by atoms with Crippen molar-refractivity contribution in [2.45, 2.75) is 0 Å². The molecule has 0 radical (unpaired) electrons. The Morgan fingerprint density at radius 1 is 1.10 bits per heavy atom. The molecular formula is C13H9Cl2N3O3. The second-order valence-electron chi connectivity index (χ2n) is 4.02. The first-order valence-electron chi connectivity index (χ1n) is 5.73. The quantitative estimate of drug-likeness (QED) is 0.663. The summed E-state index contributed by atoms with van der Waals surface area (Å²) in [6.45, 7) is 0. The Labute approximate surface area is 129 Å². The van der Waals surface area contributed by atoms with Gasteiger partial charge in [-0.1, -0.05) is 29.3 Å². The second kappa shape index (κ2) is 6.43. The number of nitrogens with one attached hydrogen (secondary N) is 2. The van der Waals surface area contributed by atoms with Crippen molar-refractivity contribution in [1.29, 1.82) is 0 Å². The number of non-ortho nitro benzene ring substituents is 1. The van der Waals surface area contributed by atoms with E-state index >= 15 is 0 Å². The van der Waals surface area contributed by atoms with Crippen LogP contribution in [0.25, 0.3) is 0 Å². The Morgan fingerprint density at radius 3 is 2.52 bits per heavy atom. The number of nitro groups is 1. The molecule has 0 aliphatic heterocycles. The van der Waals surface area contributed by atoms with E-state index in [1.807, 2.05) is 0 Å². The van der Waals surface area contributed by atoms with Gasteiger partial charge in [0.2, 0.25) is 0 Å². The number of hydrogen-bond donors (Lipinski definition) is 2. The minimum atomic E-state index is -0.566. The van der Waals surface area contributed by atoms with Crippen LogP contribution in [0.1, 0.15) is 10.4 Å². The Kier molecular flexibility index (Phi) is 4.62. The van der Waals surface area contributed by atoms with Gasteiger partial charge in [-0.3, -0.25) is 25.8 Å². The molecule has 0 aliphatic rings. The molecule has 2 rings (SSSR count). The van der Waals surface area contributed by atoms with Crippen molar-refractivity contribution in [3.63, 3.8) is 0 Å². The molecule has 0 heterocycles. The summed E-state index contributed by atoms with van der Waals surface area (Å²) in [5.74, 6) is -0.509. The highest BCUT2D eigenvalue weighted by molar-refractivity contribution is 6.42. The van der Waals surface area contributed by atoms with Crippen molar-refractivity contribution in [3.8, 4) is 0 Å². The van der Waals surface area contributed by atoms with Crippen LogP contribution in [0.5, 0.6) is 0 Å². The summed E-state index contributed by atoms with van der Waals surface area (Å²) in [6.07, 6.45) is 0. The number of halogens is 2. The lowest BCUT2D eigenvalue weighted by Gasteiger charge is -2.09. The Hall–Kier alpha value is -2.31. The molecule has 0 aromatic heterocycles. The number of nitrogens with zero attached hydrogens (tertiary/aromatic N) is 1. The molecule has 0 atom stereocenters. The fourth-order valence-electron chi connectivity index (χ4n) is 1.54. The molecule has 0 unspecified atom stereocenters. The standard InChI is InChI=1S/C13H9Cl2N3O3/c14-11-5-4-9(7-12(11)15)16-17-13(19)8-2-1-3-10(6-8)18(20)21/h1-7,16H,(H,17,19). The molecule has 0 fully saturated rings. The lowest BCUT2D eigenvalue weighted by molar-refractivity contribution is -0.384. The van der Waals surface area contributed by atoms with Crippen molar-refractivity contribution in [2.24, 2.45) is 0 Å². The number of carbonyl (C=O) groups excluding carboxylic acids is 1. The van der Waals surface area contributed by atoms with Crippen molar-refractivity contribution >= 4 is 40.5 Å². The molecule has 0 bridgehead atoms. The first-order chi connectivity index (χ1) is 9.97. The molecule has 8 heteroatoms. The fraction of sp³-hybridized carbons (Fsp3) is 0. The molecule has 2 aromatic rings. The lowest BCUT2D eigenvalue weighted by Crippen LogP contribution is -2.29. The Balaban J connectivity index is 2.06. The third-order valence-corrected chi connectivity index (χ3v) is 3.30. The van der Waals surface area contributed by atoms with Gasteiger partial charge in [-0.15, -0.1) is 0 Å². The maximum absolute atomic E-state index is 11.9. The monoisotopic (exact) mass is 325 g/mol. The van der Waals surface area contributed by atoms with Crippen molar-refractivity contribution < 1.29 is 9.72 Å². The van der Waals surface area contributed by atoms with E-state index < -0.39 is 10.8 Å². The highest BCUT2D eigenvalue weighted by atomic mass is 35.5. The van der Waals surface area contributed by atoms with Gasteiger partial charge in [0.05, 0.1) is 20.7 Å².